The van der Waals surface area contributed by atoms with E-state index in [2.05, 4.69) is 27.9 Å². The van der Waals surface area contributed by atoms with Gasteiger partial charge in [-0.3, -0.25) is 4.79 Å². The molecule has 0 bridgehead atoms. The van der Waals surface area contributed by atoms with Gasteiger partial charge < -0.3 is 10.4 Å². The highest BCUT2D eigenvalue weighted by atomic mass is 127. The molecule has 5 heteroatoms. The molecule has 1 amide bonds. The van der Waals surface area contributed by atoms with Crippen LogP contribution in [0.1, 0.15) is 35.7 Å². The summed E-state index contributed by atoms with van der Waals surface area (Å²) in [6, 6.07) is 4.59. The second-order valence-corrected chi connectivity index (χ2v) is 5.17. The van der Waals surface area contributed by atoms with Gasteiger partial charge in [-0.2, -0.15) is 0 Å². The number of carboxylic acids is 1. The van der Waals surface area contributed by atoms with Crippen LogP contribution in [0.15, 0.2) is 18.2 Å². The highest BCUT2D eigenvalue weighted by molar-refractivity contribution is 14.1. The van der Waals surface area contributed by atoms with Crippen LogP contribution in [0.25, 0.3) is 0 Å². The maximum absolute atomic E-state index is 12.0. The van der Waals surface area contributed by atoms with E-state index < -0.39 is 12.0 Å². The summed E-state index contributed by atoms with van der Waals surface area (Å²) in [6.07, 6.45) is 1.14. The van der Waals surface area contributed by atoms with Crippen molar-refractivity contribution in [2.45, 2.75) is 32.7 Å². The monoisotopic (exact) mass is 361 g/mol. The Kier molecular flexibility index (Phi) is 5.58. The van der Waals surface area contributed by atoms with Gasteiger partial charge in [0.25, 0.3) is 5.91 Å². The van der Waals surface area contributed by atoms with Crippen LogP contribution < -0.4 is 5.32 Å². The van der Waals surface area contributed by atoms with Crippen molar-refractivity contribution in [3.05, 3.63) is 32.9 Å². The molecule has 0 saturated carbocycles. The van der Waals surface area contributed by atoms with Crippen molar-refractivity contribution in [1.29, 1.82) is 0 Å². The fourth-order valence-corrected chi connectivity index (χ4v) is 2.21. The zero-order chi connectivity index (χ0) is 13.7. The SMILES string of the molecule is CCC[C@H](NC(=O)c1cccc(C)c1I)C(=O)O. The van der Waals surface area contributed by atoms with E-state index in [1.165, 1.54) is 0 Å². The zero-order valence-electron chi connectivity index (χ0n) is 10.4. The molecule has 0 spiro atoms. The summed E-state index contributed by atoms with van der Waals surface area (Å²) in [4.78, 5) is 23.0. The molecular weight excluding hydrogens is 345 g/mol. The summed E-state index contributed by atoms with van der Waals surface area (Å²) < 4.78 is 0.855. The fraction of sp³-hybridized carbons (Fsp3) is 0.385. The molecule has 1 rings (SSSR count). The predicted molar refractivity (Wildman–Crippen MR) is 77.7 cm³/mol. The number of carbonyl (C=O) groups excluding carboxylic acids is 1. The van der Waals surface area contributed by atoms with Crippen LogP contribution in [-0.4, -0.2) is 23.0 Å². The molecule has 18 heavy (non-hydrogen) atoms. The smallest absolute Gasteiger partial charge is 0.326 e. The fourth-order valence-electron chi connectivity index (χ4n) is 1.60. The van der Waals surface area contributed by atoms with Crippen LogP contribution in [0.3, 0.4) is 0 Å². The van der Waals surface area contributed by atoms with Crippen molar-refractivity contribution in [3.8, 4) is 0 Å². The topological polar surface area (TPSA) is 66.4 Å². The number of halogens is 1. The Balaban J connectivity index is 2.87. The second kappa shape index (κ2) is 6.72. The van der Waals surface area contributed by atoms with E-state index in [4.69, 9.17) is 5.11 Å². The highest BCUT2D eigenvalue weighted by Gasteiger charge is 2.20. The van der Waals surface area contributed by atoms with E-state index in [9.17, 15) is 9.59 Å². The van der Waals surface area contributed by atoms with Gasteiger partial charge in [-0.1, -0.05) is 25.5 Å². The minimum Gasteiger partial charge on any atom is -0.480 e. The van der Waals surface area contributed by atoms with Crippen LogP contribution in [0, 0.1) is 10.5 Å². The lowest BCUT2D eigenvalue weighted by atomic mass is 10.1. The number of amides is 1. The molecule has 98 valence electrons. The third-order valence-corrected chi connectivity index (χ3v) is 4.05. The van der Waals surface area contributed by atoms with Crippen LogP contribution in [0.5, 0.6) is 0 Å². The summed E-state index contributed by atoms with van der Waals surface area (Å²) in [5.74, 6) is -1.32. The van der Waals surface area contributed by atoms with Crippen LogP contribution in [0.4, 0.5) is 0 Å². The first kappa shape index (κ1) is 14.9. The molecule has 0 aromatic heterocycles. The largest absolute Gasteiger partial charge is 0.480 e. The summed E-state index contributed by atoms with van der Waals surface area (Å²) in [5, 5.41) is 11.6. The van der Waals surface area contributed by atoms with Gasteiger partial charge in [0, 0.05) is 3.57 Å². The van der Waals surface area contributed by atoms with Gasteiger partial charge in [-0.05, 0) is 47.6 Å². The molecule has 0 fully saturated rings. The van der Waals surface area contributed by atoms with Gasteiger partial charge in [0.15, 0.2) is 0 Å². The first-order chi connectivity index (χ1) is 8.47. The number of aliphatic carboxylic acids is 1. The van der Waals surface area contributed by atoms with E-state index in [1.807, 2.05) is 19.9 Å². The average molecular weight is 361 g/mol. The predicted octanol–water partition coefficient (Wildman–Crippen LogP) is 2.58. The highest BCUT2D eigenvalue weighted by Crippen LogP contribution is 2.16. The lowest BCUT2D eigenvalue weighted by Crippen LogP contribution is -2.40. The van der Waals surface area contributed by atoms with Crippen molar-refractivity contribution in [1.82, 2.24) is 5.32 Å². The molecule has 0 aliphatic heterocycles. The molecule has 0 unspecified atom stereocenters. The molecular formula is C13H16INO3. The minimum absolute atomic E-state index is 0.330. The Bertz CT molecular complexity index is 460. The van der Waals surface area contributed by atoms with Crippen molar-refractivity contribution in [2.75, 3.05) is 0 Å². The van der Waals surface area contributed by atoms with Crippen molar-refractivity contribution in [2.24, 2.45) is 0 Å². The zero-order valence-corrected chi connectivity index (χ0v) is 12.5. The maximum Gasteiger partial charge on any atom is 0.326 e. The average Bonchev–Trinajstić information content (AvgIpc) is 2.31. The normalized spacial score (nSPS) is 11.9. The van der Waals surface area contributed by atoms with Crippen molar-refractivity contribution in [3.63, 3.8) is 0 Å². The van der Waals surface area contributed by atoms with Crippen LogP contribution in [0.2, 0.25) is 0 Å². The molecule has 0 radical (unpaired) electrons. The van der Waals surface area contributed by atoms with E-state index in [0.717, 1.165) is 9.13 Å². The number of carbonyl (C=O) groups is 2. The summed E-state index contributed by atoms with van der Waals surface area (Å²) in [6.45, 7) is 3.80. The molecule has 0 aliphatic carbocycles. The Morgan fingerprint density at radius 1 is 1.44 bits per heavy atom. The number of nitrogens with one attached hydrogen (secondary N) is 1. The lowest BCUT2D eigenvalue weighted by Gasteiger charge is -2.14. The summed E-state index contributed by atoms with van der Waals surface area (Å²) >= 11 is 2.10. The number of benzene rings is 1. The Morgan fingerprint density at radius 2 is 2.11 bits per heavy atom. The maximum atomic E-state index is 12.0. The van der Waals surface area contributed by atoms with E-state index >= 15 is 0 Å². The quantitative estimate of drug-likeness (QED) is 0.793. The Labute approximate surface area is 120 Å². The summed E-state index contributed by atoms with van der Waals surface area (Å²) in [5.41, 5.74) is 1.53. The van der Waals surface area contributed by atoms with E-state index in [0.29, 0.717) is 18.4 Å². The third kappa shape index (κ3) is 3.69. The van der Waals surface area contributed by atoms with E-state index in [1.54, 1.807) is 12.1 Å². The van der Waals surface area contributed by atoms with Crippen LogP contribution >= 0.6 is 22.6 Å². The van der Waals surface area contributed by atoms with Crippen molar-refractivity contribution < 1.29 is 14.7 Å². The Morgan fingerprint density at radius 3 is 2.67 bits per heavy atom. The number of aryl methyl sites for hydroxylation is 1. The van der Waals surface area contributed by atoms with Gasteiger partial charge in [0.1, 0.15) is 6.04 Å². The van der Waals surface area contributed by atoms with Gasteiger partial charge in [0.2, 0.25) is 0 Å². The molecule has 0 heterocycles. The number of hydrogen-bond donors (Lipinski definition) is 2. The van der Waals surface area contributed by atoms with E-state index in [-0.39, 0.29) is 5.91 Å². The Hall–Kier alpha value is -1.11. The second-order valence-electron chi connectivity index (χ2n) is 4.09. The first-order valence-electron chi connectivity index (χ1n) is 5.76. The van der Waals surface area contributed by atoms with Crippen LogP contribution in [-0.2, 0) is 4.79 Å². The van der Waals surface area contributed by atoms with Gasteiger partial charge in [0.05, 0.1) is 5.56 Å². The standard InChI is InChI=1S/C13H16INO3/c1-3-5-10(13(17)18)15-12(16)9-7-4-6-8(2)11(9)14/h4,6-7,10H,3,5H2,1-2H3,(H,15,16)(H,17,18)/t10-/m0/s1. The summed E-state index contributed by atoms with van der Waals surface area (Å²) in [7, 11) is 0. The molecule has 0 saturated heterocycles. The van der Waals surface area contributed by atoms with Gasteiger partial charge >= 0.3 is 5.97 Å². The van der Waals surface area contributed by atoms with Gasteiger partial charge in [-0.15, -0.1) is 0 Å². The molecule has 2 N–H and O–H groups in total. The molecule has 1 aromatic rings. The minimum atomic E-state index is -0.993. The molecule has 1 aromatic carbocycles. The number of hydrogen-bond acceptors (Lipinski definition) is 2. The lowest BCUT2D eigenvalue weighted by molar-refractivity contribution is -0.139. The molecule has 0 aliphatic rings. The third-order valence-electron chi connectivity index (χ3n) is 2.62. The molecule has 4 nitrogen and oxygen atoms in total. The first-order valence-corrected chi connectivity index (χ1v) is 6.84. The number of rotatable bonds is 5. The van der Waals surface area contributed by atoms with Crippen molar-refractivity contribution >= 4 is 34.5 Å². The van der Waals surface area contributed by atoms with Gasteiger partial charge in [-0.25, -0.2) is 4.79 Å². The number of carboxylic acid groups (broad SMARTS) is 1. The molecule has 1 atom stereocenters.